The molecule has 8 nitrogen and oxygen atoms in total. The number of anilines is 1. The molecule has 0 aliphatic carbocycles. The van der Waals surface area contributed by atoms with Crippen LogP contribution >= 0.6 is 11.3 Å². The SMILES string of the molecule is COCCC(CCNC=O)Nc1nc2nn(-c3c(C)cc(C)cc3O)cc2s1. The lowest BCUT2D eigenvalue weighted by atomic mass is 10.1. The zero-order chi connectivity index (χ0) is 20.1. The molecule has 1 atom stereocenters. The van der Waals surface area contributed by atoms with E-state index in [2.05, 4.69) is 20.7 Å². The Morgan fingerprint density at radius 2 is 2.18 bits per heavy atom. The van der Waals surface area contributed by atoms with E-state index >= 15 is 0 Å². The van der Waals surface area contributed by atoms with Gasteiger partial charge in [-0.05, 0) is 43.9 Å². The predicted octanol–water partition coefficient (Wildman–Crippen LogP) is 2.76. The minimum Gasteiger partial charge on any atom is -0.506 e. The number of hydrogen-bond donors (Lipinski definition) is 3. The van der Waals surface area contributed by atoms with Crippen molar-refractivity contribution in [3.8, 4) is 11.4 Å². The van der Waals surface area contributed by atoms with Crippen molar-refractivity contribution in [1.82, 2.24) is 20.1 Å². The zero-order valence-corrected chi connectivity index (χ0v) is 17.0. The van der Waals surface area contributed by atoms with Crippen molar-refractivity contribution in [2.45, 2.75) is 32.7 Å². The minimum absolute atomic E-state index is 0.137. The average molecular weight is 404 g/mol. The van der Waals surface area contributed by atoms with E-state index in [1.54, 1.807) is 17.9 Å². The molecule has 1 aromatic carbocycles. The second-order valence-electron chi connectivity index (χ2n) is 6.71. The predicted molar refractivity (Wildman–Crippen MR) is 110 cm³/mol. The van der Waals surface area contributed by atoms with Crippen LogP contribution in [0.5, 0.6) is 5.75 Å². The summed E-state index contributed by atoms with van der Waals surface area (Å²) in [7, 11) is 1.67. The molecule has 0 spiro atoms. The molecule has 1 unspecified atom stereocenters. The van der Waals surface area contributed by atoms with E-state index < -0.39 is 0 Å². The van der Waals surface area contributed by atoms with Crippen LogP contribution in [0.25, 0.3) is 16.0 Å². The molecule has 0 fully saturated rings. The Kier molecular flexibility index (Phi) is 6.48. The van der Waals surface area contributed by atoms with Gasteiger partial charge >= 0.3 is 0 Å². The Bertz CT molecular complexity index is 898. The van der Waals surface area contributed by atoms with Crippen LogP contribution in [-0.2, 0) is 9.53 Å². The summed E-state index contributed by atoms with van der Waals surface area (Å²) in [6.07, 6.45) is 4.17. The Morgan fingerprint density at radius 1 is 1.36 bits per heavy atom. The first-order valence-electron chi connectivity index (χ1n) is 9.11. The van der Waals surface area contributed by atoms with Gasteiger partial charge in [0.1, 0.15) is 11.4 Å². The highest BCUT2D eigenvalue weighted by Gasteiger charge is 2.16. The average Bonchev–Trinajstić information content (AvgIpc) is 3.17. The van der Waals surface area contributed by atoms with Crippen molar-refractivity contribution >= 4 is 33.2 Å². The van der Waals surface area contributed by atoms with Crippen molar-refractivity contribution in [3.63, 3.8) is 0 Å². The molecule has 9 heteroatoms. The molecule has 1 amide bonds. The van der Waals surface area contributed by atoms with Crippen LogP contribution in [0.3, 0.4) is 0 Å². The molecule has 3 aromatic rings. The Hall–Kier alpha value is -2.65. The van der Waals surface area contributed by atoms with Gasteiger partial charge in [-0.25, -0.2) is 4.68 Å². The van der Waals surface area contributed by atoms with E-state index in [1.165, 1.54) is 11.3 Å². The number of phenolic OH excluding ortho intramolecular Hbond substituents is 1. The molecule has 0 aliphatic rings. The summed E-state index contributed by atoms with van der Waals surface area (Å²) >= 11 is 1.51. The van der Waals surface area contributed by atoms with Gasteiger partial charge in [0.25, 0.3) is 0 Å². The second kappa shape index (κ2) is 9.03. The van der Waals surface area contributed by atoms with Gasteiger partial charge in [-0.1, -0.05) is 17.4 Å². The number of nitrogens with zero attached hydrogens (tertiary/aromatic N) is 3. The molecule has 2 aromatic heterocycles. The molecule has 2 heterocycles. The number of ether oxygens (including phenoxy) is 1. The van der Waals surface area contributed by atoms with Crippen molar-refractivity contribution in [3.05, 3.63) is 29.5 Å². The van der Waals surface area contributed by atoms with E-state index in [-0.39, 0.29) is 11.8 Å². The number of aryl methyl sites for hydroxylation is 2. The number of amides is 1. The molecule has 0 aliphatic heterocycles. The smallest absolute Gasteiger partial charge is 0.207 e. The molecule has 3 rings (SSSR count). The van der Waals surface area contributed by atoms with Gasteiger partial charge in [0, 0.05) is 26.3 Å². The summed E-state index contributed by atoms with van der Waals surface area (Å²) < 4.78 is 7.78. The van der Waals surface area contributed by atoms with Crippen LogP contribution in [0.15, 0.2) is 18.3 Å². The molecular weight excluding hydrogens is 378 g/mol. The lowest BCUT2D eigenvalue weighted by Crippen LogP contribution is -2.26. The Morgan fingerprint density at radius 3 is 2.86 bits per heavy atom. The van der Waals surface area contributed by atoms with Gasteiger partial charge in [-0.3, -0.25) is 4.79 Å². The monoisotopic (exact) mass is 403 g/mol. The molecule has 150 valence electrons. The van der Waals surface area contributed by atoms with Crippen molar-refractivity contribution in [2.24, 2.45) is 0 Å². The fraction of sp³-hybridized carbons (Fsp3) is 0.421. The number of nitrogens with one attached hydrogen (secondary N) is 2. The highest BCUT2D eigenvalue weighted by molar-refractivity contribution is 7.22. The first-order valence-corrected chi connectivity index (χ1v) is 9.92. The summed E-state index contributed by atoms with van der Waals surface area (Å²) in [4.78, 5) is 15.0. The lowest BCUT2D eigenvalue weighted by Gasteiger charge is -2.17. The van der Waals surface area contributed by atoms with Crippen molar-refractivity contribution in [2.75, 3.05) is 25.6 Å². The summed E-state index contributed by atoms with van der Waals surface area (Å²) in [6, 6.07) is 3.88. The molecule has 0 radical (unpaired) electrons. The van der Waals surface area contributed by atoms with Gasteiger partial charge in [-0.2, -0.15) is 4.98 Å². The number of rotatable bonds is 10. The largest absolute Gasteiger partial charge is 0.506 e. The Labute approximate surface area is 167 Å². The zero-order valence-electron chi connectivity index (χ0n) is 16.2. The second-order valence-corrected chi connectivity index (χ2v) is 7.74. The van der Waals surface area contributed by atoms with E-state index in [9.17, 15) is 9.90 Å². The standard InChI is InChI=1S/C19H25N5O3S/c1-12-8-13(2)17(15(26)9-12)24-10-16-18(23-24)22-19(28-16)21-14(5-7-27-3)4-6-20-11-25/h8-11,14,26H,4-7H2,1-3H3,(H,20,25)(H,21,22,23). The van der Waals surface area contributed by atoms with Crippen LogP contribution in [-0.4, -0.2) is 52.6 Å². The van der Waals surface area contributed by atoms with E-state index in [0.717, 1.165) is 33.8 Å². The maximum atomic E-state index is 10.5. The molecule has 3 N–H and O–H groups in total. The van der Waals surface area contributed by atoms with Crippen LogP contribution in [0, 0.1) is 13.8 Å². The first kappa shape index (κ1) is 20.1. The molecular formula is C19H25N5O3S. The van der Waals surface area contributed by atoms with Gasteiger partial charge < -0.3 is 20.5 Å². The Balaban J connectivity index is 1.78. The van der Waals surface area contributed by atoms with Gasteiger partial charge in [-0.15, -0.1) is 5.10 Å². The molecule has 0 bridgehead atoms. The highest BCUT2D eigenvalue weighted by atomic mass is 32.1. The number of aromatic hydroxyl groups is 1. The summed E-state index contributed by atoms with van der Waals surface area (Å²) in [6.45, 7) is 5.11. The number of fused-ring (bicyclic) bond motifs is 1. The number of carbonyl (C=O) groups is 1. The topological polar surface area (TPSA) is 101 Å². The molecule has 0 saturated carbocycles. The highest BCUT2D eigenvalue weighted by Crippen LogP contribution is 2.31. The fourth-order valence-corrected chi connectivity index (χ4v) is 4.07. The molecule has 28 heavy (non-hydrogen) atoms. The first-order chi connectivity index (χ1) is 13.5. The van der Waals surface area contributed by atoms with Crippen LogP contribution in [0.2, 0.25) is 0 Å². The van der Waals surface area contributed by atoms with Crippen molar-refractivity contribution in [1.29, 1.82) is 0 Å². The van der Waals surface area contributed by atoms with Crippen molar-refractivity contribution < 1.29 is 14.6 Å². The summed E-state index contributed by atoms with van der Waals surface area (Å²) in [5.41, 5.74) is 3.25. The van der Waals surface area contributed by atoms with E-state index in [1.807, 2.05) is 26.1 Å². The third-order valence-corrected chi connectivity index (χ3v) is 5.36. The summed E-state index contributed by atoms with van der Waals surface area (Å²) in [5.74, 6) is 0.202. The van der Waals surface area contributed by atoms with Crippen LogP contribution in [0.1, 0.15) is 24.0 Å². The van der Waals surface area contributed by atoms with Crippen LogP contribution < -0.4 is 10.6 Å². The third-order valence-electron chi connectivity index (χ3n) is 4.45. The number of methoxy groups -OCH3 is 1. The van der Waals surface area contributed by atoms with Gasteiger partial charge in [0.05, 0.1) is 10.9 Å². The number of phenols is 1. The fourth-order valence-electron chi connectivity index (χ4n) is 3.17. The van der Waals surface area contributed by atoms with Gasteiger partial charge in [0.2, 0.25) is 6.41 Å². The number of benzene rings is 1. The van der Waals surface area contributed by atoms with E-state index in [0.29, 0.717) is 30.9 Å². The number of carbonyl (C=O) groups excluding carboxylic acids is 1. The number of hydrogen-bond acceptors (Lipinski definition) is 7. The van der Waals surface area contributed by atoms with Gasteiger partial charge in [0.15, 0.2) is 10.8 Å². The normalized spacial score (nSPS) is 12.2. The number of thiazole rings is 1. The van der Waals surface area contributed by atoms with E-state index in [4.69, 9.17) is 4.74 Å². The third kappa shape index (κ3) is 4.60. The molecule has 0 saturated heterocycles. The number of aromatic nitrogens is 3. The maximum absolute atomic E-state index is 10.5. The maximum Gasteiger partial charge on any atom is 0.207 e. The lowest BCUT2D eigenvalue weighted by molar-refractivity contribution is -0.109. The van der Waals surface area contributed by atoms with Crippen LogP contribution in [0.4, 0.5) is 5.13 Å². The quantitative estimate of drug-likeness (QED) is 0.355. The minimum atomic E-state index is 0.137. The summed E-state index contributed by atoms with van der Waals surface area (Å²) in [5, 5.41) is 21.7.